The fraction of sp³-hybridized carbons (Fsp3) is 0.769. The Labute approximate surface area is 120 Å². The van der Waals surface area contributed by atoms with Gasteiger partial charge in [0.15, 0.2) is 0 Å². The fourth-order valence-corrected chi connectivity index (χ4v) is 4.82. The molecule has 1 aromatic heterocycles. The third-order valence-electron chi connectivity index (χ3n) is 4.23. The molecule has 0 aromatic carbocycles. The van der Waals surface area contributed by atoms with E-state index in [0.717, 1.165) is 25.7 Å². The number of hydrogen-bond donors (Lipinski definition) is 2. The Morgan fingerprint density at radius 1 is 1.35 bits per heavy atom. The van der Waals surface area contributed by atoms with Crippen LogP contribution in [0.4, 0.5) is 0 Å². The van der Waals surface area contributed by atoms with Crippen LogP contribution in [0.5, 0.6) is 0 Å². The van der Waals surface area contributed by atoms with Crippen LogP contribution in [0, 0.1) is 19.8 Å². The summed E-state index contributed by atoms with van der Waals surface area (Å²) in [5.41, 5.74) is 6.97. The molecular weight excluding hydrogens is 276 g/mol. The topological polar surface area (TPSA) is 90.0 Å². The fourth-order valence-electron chi connectivity index (χ4n) is 3.05. The molecule has 20 heavy (non-hydrogen) atoms. The SMILES string of the molecule is Cc1nn(C)c(C)c1S(=O)(=O)NC1CCCCC1CN. The molecule has 2 rings (SSSR count). The van der Waals surface area contributed by atoms with E-state index in [2.05, 4.69) is 9.82 Å². The van der Waals surface area contributed by atoms with Crippen LogP contribution in [0.1, 0.15) is 37.1 Å². The molecule has 1 aliphatic carbocycles. The lowest BCUT2D eigenvalue weighted by Crippen LogP contribution is -2.44. The van der Waals surface area contributed by atoms with E-state index in [-0.39, 0.29) is 12.0 Å². The average molecular weight is 300 g/mol. The van der Waals surface area contributed by atoms with Crippen molar-refractivity contribution in [2.45, 2.75) is 50.5 Å². The first-order valence-electron chi connectivity index (χ1n) is 7.09. The Balaban J connectivity index is 2.26. The van der Waals surface area contributed by atoms with Crippen LogP contribution in [-0.2, 0) is 17.1 Å². The zero-order valence-corrected chi connectivity index (χ0v) is 13.2. The summed E-state index contributed by atoms with van der Waals surface area (Å²) >= 11 is 0. The molecule has 1 aromatic rings. The summed E-state index contributed by atoms with van der Waals surface area (Å²) in [6, 6.07) is -0.0576. The van der Waals surface area contributed by atoms with E-state index >= 15 is 0 Å². The minimum atomic E-state index is -3.53. The second-order valence-electron chi connectivity index (χ2n) is 5.63. The van der Waals surface area contributed by atoms with Crippen LogP contribution in [0.3, 0.4) is 0 Å². The number of aromatic nitrogens is 2. The van der Waals surface area contributed by atoms with Crippen molar-refractivity contribution in [3.63, 3.8) is 0 Å². The van der Waals surface area contributed by atoms with E-state index in [1.54, 1.807) is 25.6 Å². The molecule has 7 heteroatoms. The highest BCUT2D eigenvalue weighted by Crippen LogP contribution is 2.26. The predicted octanol–water partition coefficient (Wildman–Crippen LogP) is 0.833. The van der Waals surface area contributed by atoms with E-state index in [4.69, 9.17) is 5.73 Å². The molecule has 1 saturated carbocycles. The molecule has 0 saturated heterocycles. The maximum atomic E-state index is 12.6. The first kappa shape index (κ1) is 15.5. The van der Waals surface area contributed by atoms with Crippen LogP contribution < -0.4 is 10.5 Å². The van der Waals surface area contributed by atoms with Crippen molar-refractivity contribution in [3.05, 3.63) is 11.4 Å². The van der Waals surface area contributed by atoms with Crippen LogP contribution in [0.2, 0.25) is 0 Å². The molecule has 114 valence electrons. The lowest BCUT2D eigenvalue weighted by Gasteiger charge is -2.31. The Morgan fingerprint density at radius 3 is 2.55 bits per heavy atom. The summed E-state index contributed by atoms with van der Waals surface area (Å²) in [5.74, 6) is 0.232. The predicted molar refractivity (Wildman–Crippen MR) is 77.8 cm³/mol. The Kier molecular flexibility index (Phi) is 4.51. The average Bonchev–Trinajstić information content (AvgIpc) is 2.63. The Hall–Kier alpha value is -0.920. The lowest BCUT2D eigenvalue weighted by molar-refractivity contribution is 0.296. The maximum Gasteiger partial charge on any atom is 0.244 e. The molecule has 0 radical (unpaired) electrons. The van der Waals surface area contributed by atoms with Gasteiger partial charge < -0.3 is 5.73 Å². The molecule has 0 aliphatic heterocycles. The van der Waals surface area contributed by atoms with Crippen molar-refractivity contribution in [2.75, 3.05) is 6.54 Å². The highest BCUT2D eigenvalue weighted by atomic mass is 32.2. The molecule has 0 bridgehead atoms. The number of hydrogen-bond acceptors (Lipinski definition) is 4. The van der Waals surface area contributed by atoms with Gasteiger partial charge in [-0.15, -0.1) is 0 Å². The Morgan fingerprint density at radius 2 is 2.00 bits per heavy atom. The van der Waals surface area contributed by atoms with E-state index in [1.165, 1.54) is 0 Å². The monoisotopic (exact) mass is 300 g/mol. The summed E-state index contributed by atoms with van der Waals surface area (Å²) in [5, 5.41) is 4.18. The number of sulfonamides is 1. The molecule has 1 aliphatic rings. The van der Waals surface area contributed by atoms with Crippen LogP contribution in [-0.4, -0.2) is 30.8 Å². The number of rotatable bonds is 4. The van der Waals surface area contributed by atoms with Crippen LogP contribution >= 0.6 is 0 Å². The van der Waals surface area contributed by atoms with Gasteiger partial charge in [0, 0.05) is 13.1 Å². The normalized spacial score (nSPS) is 24.0. The second kappa shape index (κ2) is 5.83. The quantitative estimate of drug-likeness (QED) is 0.862. The maximum absolute atomic E-state index is 12.6. The third-order valence-corrected chi connectivity index (χ3v) is 5.97. The lowest BCUT2D eigenvalue weighted by atomic mass is 9.85. The van der Waals surface area contributed by atoms with E-state index in [0.29, 0.717) is 22.8 Å². The van der Waals surface area contributed by atoms with Crippen molar-refractivity contribution in [1.29, 1.82) is 0 Å². The van der Waals surface area contributed by atoms with E-state index in [9.17, 15) is 8.42 Å². The van der Waals surface area contributed by atoms with Gasteiger partial charge in [-0.2, -0.15) is 5.10 Å². The van der Waals surface area contributed by atoms with Crippen LogP contribution in [0.25, 0.3) is 0 Å². The number of aryl methyl sites for hydroxylation is 2. The van der Waals surface area contributed by atoms with Gasteiger partial charge >= 0.3 is 0 Å². The van der Waals surface area contributed by atoms with Crippen molar-refractivity contribution in [1.82, 2.24) is 14.5 Å². The standard InChI is InChI=1S/C13H24N4O2S/c1-9-13(10(2)17(3)15-9)20(18,19)16-12-7-5-4-6-11(12)8-14/h11-12,16H,4-8,14H2,1-3H3. The minimum Gasteiger partial charge on any atom is -0.330 e. The first-order chi connectivity index (χ1) is 9.36. The molecule has 1 heterocycles. The molecular formula is C13H24N4O2S. The summed E-state index contributed by atoms with van der Waals surface area (Å²) in [6.45, 7) is 4.02. The van der Waals surface area contributed by atoms with Gasteiger partial charge in [0.25, 0.3) is 0 Å². The molecule has 3 N–H and O–H groups in total. The molecule has 2 unspecified atom stereocenters. The smallest absolute Gasteiger partial charge is 0.244 e. The first-order valence-corrected chi connectivity index (χ1v) is 8.57. The van der Waals surface area contributed by atoms with Gasteiger partial charge in [0.05, 0.1) is 11.4 Å². The van der Waals surface area contributed by atoms with Gasteiger partial charge in [-0.25, -0.2) is 13.1 Å². The molecule has 0 spiro atoms. The largest absolute Gasteiger partial charge is 0.330 e. The summed E-state index contributed by atoms with van der Waals surface area (Å²) in [7, 11) is -1.78. The van der Waals surface area contributed by atoms with Crippen molar-refractivity contribution in [2.24, 2.45) is 18.7 Å². The van der Waals surface area contributed by atoms with Crippen molar-refractivity contribution >= 4 is 10.0 Å². The zero-order chi connectivity index (χ0) is 14.9. The van der Waals surface area contributed by atoms with Gasteiger partial charge in [-0.05, 0) is 39.2 Å². The summed E-state index contributed by atoms with van der Waals surface area (Å²) in [6.07, 6.45) is 4.04. The zero-order valence-electron chi connectivity index (χ0n) is 12.4. The molecule has 1 fully saturated rings. The van der Waals surface area contributed by atoms with E-state index in [1.807, 2.05) is 0 Å². The number of nitrogens with zero attached hydrogens (tertiary/aromatic N) is 2. The van der Waals surface area contributed by atoms with Gasteiger partial charge in [0.1, 0.15) is 4.90 Å². The summed E-state index contributed by atoms with van der Waals surface area (Å²) in [4.78, 5) is 0.307. The van der Waals surface area contributed by atoms with Gasteiger partial charge in [0.2, 0.25) is 10.0 Å². The van der Waals surface area contributed by atoms with Gasteiger partial charge in [-0.1, -0.05) is 12.8 Å². The minimum absolute atomic E-state index is 0.0576. The molecule has 0 amide bonds. The van der Waals surface area contributed by atoms with E-state index < -0.39 is 10.0 Å². The molecule has 6 nitrogen and oxygen atoms in total. The van der Waals surface area contributed by atoms with Gasteiger partial charge in [-0.3, -0.25) is 4.68 Å². The Bertz CT molecular complexity index is 579. The highest BCUT2D eigenvalue weighted by Gasteiger charge is 2.31. The van der Waals surface area contributed by atoms with Crippen molar-refractivity contribution < 1.29 is 8.42 Å². The van der Waals surface area contributed by atoms with Crippen LogP contribution in [0.15, 0.2) is 4.90 Å². The third kappa shape index (κ3) is 2.89. The molecule has 2 atom stereocenters. The summed E-state index contributed by atoms with van der Waals surface area (Å²) < 4.78 is 29.7. The van der Waals surface area contributed by atoms with Crippen molar-refractivity contribution in [3.8, 4) is 0 Å². The number of nitrogens with one attached hydrogen (secondary N) is 1. The number of nitrogens with two attached hydrogens (primary N) is 1. The second-order valence-corrected chi connectivity index (χ2v) is 7.28. The highest BCUT2D eigenvalue weighted by molar-refractivity contribution is 7.89.